The van der Waals surface area contributed by atoms with E-state index in [0.717, 1.165) is 17.5 Å². The van der Waals surface area contributed by atoms with E-state index in [-0.39, 0.29) is 37.0 Å². The maximum atomic E-state index is 13.1. The molecule has 1 N–H and O–H groups in total. The van der Waals surface area contributed by atoms with Crippen LogP contribution in [0.4, 0.5) is 4.79 Å². The highest BCUT2D eigenvalue weighted by atomic mass is 16.2. The zero-order valence-corrected chi connectivity index (χ0v) is 16.2. The van der Waals surface area contributed by atoms with E-state index in [4.69, 9.17) is 0 Å². The zero-order chi connectivity index (χ0) is 20.1. The third-order valence-electron chi connectivity index (χ3n) is 5.06. The first-order valence-electron chi connectivity index (χ1n) is 9.51. The predicted molar refractivity (Wildman–Crippen MR) is 106 cm³/mol. The van der Waals surface area contributed by atoms with Gasteiger partial charge in [-0.15, -0.1) is 0 Å². The second-order valence-electron chi connectivity index (χ2n) is 7.01. The Morgan fingerprint density at radius 1 is 1.07 bits per heavy atom. The highest BCUT2D eigenvalue weighted by Crippen LogP contribution is 2.17. The molecule has 6 nitrogen and oxygen atoms in total. The van der Waals surface area contributed by atoms with Gasteiger partial charge in [-0.2, -0.15) is 0 Å². The van der Waals surface area contributed by atoms with Crippen molar-refractivity contribution in [3.8, 4) is 0 Å². The van der Waals surface area contributed by atoms with Crippen LogP contribution in [0.25, 0.3) is 0 Å². The molecule has 1 unspecified atom stereocenters. The lowest BCUT2D eigenvalue weighted by Crippen LogP contribution is -2.37. The normalized spacial score (nSPS) is 14.7. The first-order valence-corrected chi connectivity index (χ1v) is 9.51. The van der Waals surface area contributed by atoms with Crippen LogP contribution in [-0.4, -0.2) is 40.2 Å². The summed E-state index contributed by atoms with van der Waals surface area (Å²) in [6, 6.07) is 16.8. The summed E-state index contributed by atoms with van der Waals surface area (Å²) in [5.41, 5.74) is 2.49. The second kappa shape index (κ2) is 8.69. The summed E-state index contributed by atoms with van der Waals surface area (Å²) in [5.74, 6) is -0.268. The number of carbonyl (C=O) groups is 3. The first-order chi connectivity index (χ1) is 13.5. The van der Waals surface area contributed by atoms with Gasteiger partial charge >= 0.3 is 6.03 Å². The van der Waals surface area contributed by atoms with E-state index in [9.17, 15) is 14.4 Å². The minimum absolute atomic E-state index is 0.0280. The summed E-state index contributed by atoms with van der Waals surface area (Å²) in [6.07, 6.45) is 0.864. The maximum Gasteiger partial charge on any atom is 0.324 e. The van der Waals surface area contributed by atoms with Gasteiger partial charge in [-0.3, -0.25) is 14.5 Å². The van der Waals surface area contributed by atoms with E-state index in [1.807, 2.05) is 42.2 Å². The monoisotopic (exact) mass is 379 g/mol. The van der Waals surface area contributed by atoms with Gasteiger partial charge in [0.1, 0.15) is 0 Å². The van der Waals surface area contributed by atoms with Crippen LogP contribution in [0.15, 0.2) is 54.6 Å². The molecule has 0 bridgehead atoms. The molecular formula is C22H25N3O3. The topological polar surface area (TPSA) is 69.7 Å². The molecule has 1 heterocycles. The molecule has 0 aliphatic carbocycles. The molecule has 2 aromatic rings. The quantitative estimate of drug-likeness (QED) is 0.751. The number of urea groups is 1. The van der Waals surface area contributed by atoms with Gasteiger partial charge in [0.2, 0.25) is 5.91 Å². The van der Waals surface area contributed by atoms with Crippen LogP contribution in [0.5, 0.6) is 0 Å². The number of carbonyl (C=O) groups excluding carboxylic acids is 3. The number of hydrogen-bond acceptors (Lipinski definition) is 3. The molecule has 0 spiro atoms. The molecule has 2 aromatic carbocycles. The SMILES string of the molecule is CCC(C)N(Cc1ccccc1)C(=O)c1ccc(CN2C(=O)CNC2=O)cc1. The molecule has 0 radical (unpaired) electrons. The number of amides is 4. The van der Waals surface area contributed by atoms with Gasteiger partial charge in [0, 0.05) is 18.2 Å². The van der Waals surface area contributed by atoms with Crippen molar-refractivity contribution in [3.63, 3.8) is 0 Å². The fraction of sp³-hybridized carbons (Fsp3) is 0.318. The molecule has 0 aromatic heterocycles. The Morgan fingerprint density at radius 2 is 1.75 bits per heavy atom. The number of hydrogen-bond donors (Lipinski definition) is 1. The molecule has 1 aliphatic heterocycles. The zero-order valence-electron chi connectivity index (χ0n) is 16.2. The Bertz CT molecular complexity index is 833. The molecule has 4 amide bonds. The summed E-state index contributed by atoms with van der Waals surface area (Å²) in [6.45, 7) is 4.92. The summed E-state index contributed by atoms with van der Waals surface area (Å²) in [5, 5.41) is 2.50. The van der Waals surface area contributed by atoms with Crippen molar-refractivity contribution in [3.05, 3.63) is 71.3 Å². The van der Waals surface area contributed by atoms with Crippen LogP contribution in [-0.2, 0) is 17.9 Å². The summed E-state index contributed by atoms with van der Waals surface area (Å²) in [4.78, 5) is 39.5. The number of benzene rings is 2. The van der Waals surface area contributed by atoms with E-state index in [0.29, 0.717) is 12.1 Å². The van der Waals surface area contributed by atoms with Gasteiger partial charge in [0.15, 0.2) is 0 Å². The Hall–Kier alpha value is -3.15. The van der Waals surface area contributed by atoms with Crippen molar-refractivity contribution in [2.45, 2.75) is 39.4 Å². The van der Waals surface area contributed by atoms with E-state index in [2.05, 4.69) is 12.2 Å². The van der Waals surface area contributed by atoms with Gasteiger partial charge in [0.25, 0.3) is 5.91 Å². The minimum atomic E-state index is -0.379. The van der Waals surface area contributed by atoms with Crippen molar-refractivity contribution in [1.29, 1.82) is 0 Å². The number of nitrogens with zero attached hydrogens (tertiary/aromatic N) is 2. The second-order valence-corrected chi connectivity index (χ2v) is 7.01. The molecule has 28 heavy (non-hydrogen) atoms. The summed E-state index contributed by atoms with van der Waals surface area (Å²) < 4.78 is 0. The lowest BCUT2D eigenvalue weighted by molar-refractivity contribution is -0.125. The van der Waals surface area contributed by atoms with Gasteiger partial charge in [0.05, 0.1) is 13.1 Å². The highest BCUT2D eigenvalue weighted by molar-refractivity contribution is 6.01. The van der Waals surface area contributed by atoms with Gasteiger partial charge in [-0.25, -0.2) is 4.79 Å². The molecule has 1 saturated heterocycles. The van der Waals surface area contributed by atoms with Crippen LogP contribution in [0.1, 0.15) is 41.8 Å². The average molecular weight is 379 g/mol. The first kappa shape index (κ1) is 19.6. The Morgan fingerprint density at radius 3 is 2.32 bits per heavy atom. The molecular weight excluding hydrogens is 354 g/mol. The average Bonchev–Trinajstić information content (AvgIpc) is 3.04. The third kappa shape index (κ3) is 4.39. The molecule has 1 fully saturated rings. The van der Waals surface area contributed by atoms with Crippen molar-refractivity contribution >= 4 is 17.8 Å². The minimum Gasteiger partial charge on any atom is -0.332 e. The van der Waals surface area contributed by atoms with E-state index in [1.54, 1.807) is 24.3 Å². The lowest BCUT2D eigenvalue weighted by Gasteiger charge is -2.29. The van der Waals surface area contributed by atoms with Crippen molar-refractivity contribution < 1.29 is 14.4 Å². The molecule has 1 aliphatic rings. The summed E-state index contributed by atoms with van der Waals surface area (Å²) >= 11 is 0. The summed E-state index contributed by atoms with van der Waals surface area (Å²) in [7, 11) is 0. The lowest BCUT2D eigenvalue weighted by atomic mass is 10.1. The molecule has 1 atom stereocenters. The van der Waals surface area contributed by atoms with E-state index < -0.39 is 0 Å². The van der Waals surface area contributed by atoms with Gasteiger partial charge < -0.3 is 10.2 Å². The maximum absolute atomic E-state index is 13.1. The van der Waals surface area contributed by atoms with Gasteiger partial charge in [-0.05, 0) is 36.6 Å². The Kier molecular flexibility index (Phi) is 6.09. The molecule has 6 heteroatoms. The van der Waals surface area contributed by atoms with Crippen LogP contribution < -0.4 is 5.32 Å². The largest absolute Gasteiger partial charge is 0.332 e. The number of rotatable bonds is 7. The molecule has 3 rings (SSSR count). The smallest absolute Gasteiger partial charge is 0.324 e. The fourth-order valence-corrected chi connectivity index (χ4v) is 3.14. The van der Waals surface area contributed by atoms with Crippen LogP contribution >= 0.6 is 0 Å². The van der Waals surface area contributed by atoms with Crippen molar-refractivity contribution in [2.24, 2.45) is 0 Å². The van der Waals surface area contributed by atoms with E-state index >= 15 is 0 Å². The van der Waals surface area contributed by atoms with Crippen molar-refractivity contribution in [1.82, 2.24) is 15.1 Å². The van der Waals surface area contributed by atoms with E-state index in [1.165, 1.54) is 4.90 Å². The predicted octanol–water partition coefficient (Wildman–Crippen LogP) is 3.18. The van der Waals surface area contributed by atoms with Crippen molar-refractivity contribution in [2.75, 3.05) is 6.54 Å². The number of imide groups is 1. The number of nitrogens with one attached hydrogen (secondary N) is 1. The Balaban J connectivity index is 1.73. The van der Waals surface area contributed by atoms with Crippen LogP contribution in [0.3, 0.4) is 0 Å². The highest BCUT2D eigenvalue weighted by Gasteiger charge is 2.28. The molecule has 0 saturated carbocycles. The third-order valence-corrected chi connectivity index (χ3v) is 5.06. The Labute approximate surface area is 165 Å². The standard InChI is InChI=1S/C22H25N3O3/c1-3-16(2)24(14-17-7-5-4-6-8-17)21(27)19-11-9-18(10-12-19)15-25-20(26)13-23-22(25)28/h4-12,16H,3,13-15H2,1-2H3,(H,23,28). The van der Waals surface area contributed by atoms with Crippen LogP contribution in [0.2, 0.25) is 0 Å². The molecule has 146 valence electrons. The van der Waals surface area contributed by atoms with Gasteiger partial charge in [-0.1, -0.05) is 49.4 Å². The van der Waals surface area contributed by atoms with Crippen LogP contribution in [0, 0.1) is 0 Å². The fourth-order valence-electron chi connectivity index (χ4n) is 3.14.